The highest BCUT2D eigenvalue weighted by Crippen LogP contribution is 2.43. The van der Waals surface area contributed by atoms with Crippen molar-refractivity contribution in [2.75, 3.05) is 4.90 Å². The molecule has 0 saturated carbocycles. The lowest BCUT2D eigenvalue weighted by molar-refractivity contribution is -0.119. The molecule has 1 aliphatic heterocycles. The van der Waals surface area contributed by atoms with Crippen molar-refractivity contribution in [2.45, 2.75) is 38.5 Å². The van der Waals surface area contributed by atoms with Gasteiger partial charge in [-0.1, -0.05) is 48.0 Å². The van der Waals surface area contributed by atoms with Crippen molar-refractivity contribution in [2.24, 2.45) is 0 Å². The standard InChI is InChI=1S/C22H21NO2/c1-15-10-12-17(13-11-15)23-19-8-5-9-20(24)22(19)18(14-21(23)25)16-6-3-2-4-7-16/h2-4,6-7,10-13,18H,5,8-9,14H2,1H3. The van der Waals surface area contributed by atoms with E-state index in [1.54, 1.807) is 4.90 Å². The Morgan fingerprint density at radius 3 is 2.36 bits per heavy atom. The van der Waals surface area contributed by atoms with E-state index in [0.717, 1.165) is 40.9 Å². The van der Waals surface area contributed by atoms with Gasteiger partial charge in [-0.15, -0.1) is 0 Å². The molecule has 3 heteroatoms. The van der Waals surface area contributed by atoms with Crippen LogP contribution < -0.4 is 4.90 Å². The third kappa shape index (κ3) is 2.80. The molecule has 1 atom stereocenters. The number of amides is 1. The predicted molar refractivity (Wildman–Crippen MR) is 98.3 cm³/mol. The van der Waals surface area contributed by atoms with Crippen LogP contribution in [0, 0.1) is 6.92 Å². The third-order valence-corrected chi connectivity index (χ3v) is 5.17. The summed E-state index contributed by atoms with van der Waals surface area (Å²) in [6.07, 6.45) is 2.53. The number of carbonyl (C=O) groups is 2. The molecule has 3 nitrogen and oxygen atoms in total. The molecule has 1 unspecified atom stereocenters. The molecule has 1 aliphatic carbocycles. The molecule has 1 amide bonds. The van der Waals surface area contributed by atoms with Gasteiger partial charge in [-0.2, -0.15) is 0 Å². The van der Waals surface area contributed by atoms with Crippen molar-refractivity contribution in [1.29, 1.82) is 0 Å². The van der Waals surface area contributed by atoms with E-state index >= 15 is 0 Å². The number of allylic oxidation sites excluding steroid dienone is 2. The Morgan fingerprint density at radius 2 is 1.64 bits per heavy atom. The molecular formula is C22H21NO2. The van der Waals surface area contributed by atoms with Gasteiger partial charge < -0.3 is 0 Å². The zero-order chi connectivity index (χ0) is 17.4. The summed E-state index contributed by atoms with van der Waals surface area (Å²) < 4.78 is 0. The molecular weight excluding hydrogens is 310 g/mol. The number of hydrogen-bond acceptors (Lipinski definition) is 2. The molecule has 1 heterocycles. The monoisotopic (exact) mass is 331 g/mol. The number of rotatable bonds is 2. The topological polar surface area (TPSA) is 37.4 Å². The van der Waals surface area contributed by atoms with Gasteiger partial charge in [-0.25, -0.2) is 0 Å². The van der Waals surface area contributed by atoms with Gasteiger partial charge >= 0.3 is 0 Å². The first kappa shape index (κ1) is 15.8. The largest absolute Gasteiger partial charge is 0.294 e. The summed E-state index contributed by atoms with van der Waals surface area (Å²) in [4.78, 5) is 27.5. The summed E-state index contributed by atoms with van der Waals surface area (Å²) in [6, 6.07) is 17.9. The molecule has 2 aromatic carbocycles. The molecule has 4 rings (SSSR count). The zero-order valence-corrected chi connectivity index (χ0v) is 14.4. The van der Waals surface area contributed by atoms with Crippen molar-refractivity contribution in [3.63, 3.8) is 0 Å². The molecule has 0 bridgehead atoms. The lowest BCUT2D eigenvalue weighted by atomic mass is 9.77. The van der Waals surface area contributed by atoms with E-state index in [0.29, 0.717) is 12.8 Å². The molecule has 0 radical (unpaired) electrons. The molecule has 0 aromatic heterocycles. The van der Waals surface area contributed by atoms with Gasteiger partial charge in [-0.05, 0) is 37.5 Å². The summed E-state index contributed by atoms with van der Waals surface area (Å²) in [5.41, 5.74) is 4.83. The fourth-order valence-electron chi connectivity index (χ4n) is 3.96. The molecule has 0 saturated heterocycles. The lowest BCUT2D eigenvalue weighted by Crippen LogP contribution is -2.40. The molecule has 0 N–H and O–H groups in total. The molecule has 126 valence electrons. The van der Waals surface area contributed by atoms with Crippen LogP contribution in [0.2, 0.25) is 0 Å². The number of Topliss-reactive ketones (excluding diaryl/α,β-unsaturated/α-hetero) is 1. The third-order valence-electron chi connectivity index (χ3n) is 5.17. The van der Waals surface area contributed by atoms with Gasteiger partial charge in [0.25, 0.3) is 0 Å². The number of anilines is 1. The SMILES string of the molecule is Cc1ccc(N2C(=O)CC(c3ccccc3)C3=C2CCCC3=O)cc1. The Kier molecular flexibility index (Phi) is 4.00. The van der Waals surface area contributed by atoms with Crippen molar-refractivity contribution < 1.29 is 9.59 Å². The Hall–Kier alpha value is -2.68. The summed E-state index contributed by atoms with van der Waals surface area (Å²) in [6.45, 7) is 2.03. The maximum atomic E-state index is 13.0. The van der Waals surface area contributed by atoms with E-state index in [1.807, 2.05) is 61.5 Å². The van der Waals surface area contributed by atoms with E-state index in [4.69, 9.17) is 0 Å². The van der Waals surface area contributed by atoms with E-state index in [-0.39, 0.29) is 17.6 Å². The molecule has 0 spiro atoms. The number of nitrogens with zero attached hydrogens (tertiary/aromatic N) is 1. The highest BCUT2D eigenvalue weighted by atomic mass is 16.2. The number of aryl methyl sites for hydroxylation is 1. The summed E-state index contributed by atoms with van der Waals surface area (Å²) in [5.74, 6) is 0.157. The van der Waals surface area contributed by atoms with Gasteiger partial charge in [0, 0.05) is 35.7 Å². The minimum Gasteiger partial charge on any atom is -0.294 e. The average Bonchev–Trinajstić information content (AvgIpc) is 2.63. The first-order valence-corrected chi connectivity index (χ1v) is 8.86. The van der Waals surface area contributed by atoms with Gasteiger partial charge in [0.05, 0.1) is 0 Å². The molecule has 0 fully saturated rings. The first-order valence-electron chi connectivity index (χ1n) is 8.86. The van der Waals surface area contributed by atoms with Crippen molar-refractivity contribution >= 4 is 17.4 Å². The van der Waals surface area contributed by atoms with Crippen molar-refractivity contribution in [3.05, 3.63) is 77.0 Å². The van der Waals surface area contributed by atoms with Crippen molar-refractivity contribution in [3.8, 4) is 0 Å². The number of benzene rings is 2. The van der Waals surface area contributed by atoms with E-state index in [9.17, 15) is 9.59 Å². The molecule has 25 heavy (non-hydrogen) atoms. The van der Waals surface area contributed by atoms with Crippen LogP contribution in [-0.2, 0) is 9.59 Å². The molecule has 2 aromatic rings. The van der Waals surface area contributed by atoms with Crippen LogP contribution in [0.4, 0.5) is 5.69 Å². The van der Waals surface area contributed by atoms with Gasteiger partial charge in [0.1, 0.15) is 0 Å². The second-order valence-electron chi connectivity index (χ2n) is 6.87. The fourth-order valence-corrected chi connectivity index (χ4v) is 3.96. The molecule has 2 aliphatic rings. The van der Waals surface area contributed by atoms with Crippen LogP contribution in [0.5, 0.6) is 0 Å². The smallest absolute Gasteiger partial charge is 0.232 e. The predicted octanol–water partition coefficient (Wildman–Crippen LogP) is 4.52. The second-order valence-corrected chi connectivity index (χ2v) is 6.87. The van der Waals surface area contributed by atoms with Gasteiger partial charge in [-0.3, -0.25) is 14.5 Å². The van der Waals surface area contributed by atoms with Crippen LogP contribution in [0.15, 0.2) is 65.9 Å². The van der Waals surface area contributed by atoms with Gasteiger partial charge in [0.2, 0.25) is 5.91 Å². The fraction of sp³-hybridized carbons (Fsp3) is 0.273. The van der Waals surface area contributed by atoms with E-state index in [1.165, 1.54) is 0 Å². The minimum atomic E-state index is -0.113. The summed E-state index contributed by atoms with van der Waals surface area (Å²) in [5, 5.41) is 0. The van der Waals surface area contributed by atoms with E-state index in [2.05, 4.69) is 0 Å². The van der Waals surface area contributed by atoms with Crippen LogP contribution in [0.25, 0.3) is 0 Å². The summed E-state index contributed by atoms with van der Waals surface area (Å²) >= 11 is 0. The maximum Gasteiger partial charge on any atom is 0.232 e. The van der Waals surface area contributed by atoms with Crippen molar-refractivity contribution in [1.82, 2.24) is 0 Å². The summed E-state index contributed by atoms with van der Waals surface area (Å²) in [7, 11) is 0. The Labute approximate surface area is 148 Å². The Morgan fingerprint density at radius 1 is 0.920 bits per heavy atom. The zero-order valence-electron chi connectivity index (χ0n) is 14.4. The van der Waals surface area contributed by atoms with Crippen LogP contribution >= 0.6 is 0 Å². The Bertz CT molecular complexity index is 849. The Balaban J connectivity index is 1.85. The highest BCUT2D eigenvalue weighted by molar-refractivity contribution is 6.07. The van der Waals surface area contributed by atoms with Crippen LogP contribution in [0.3, 0.4) is 0 Å². The number of carbonyl (C=O) groups excluding carboxylic acids is 2. The van der Waals surface area contributed by atoms with Gasteiger partial charge in [0.15, 0.2) is 5.78 Å². The first-order chi connectivity index (χ1) is 12.1. The van der Waals surface area contributed by atoms with E-state index < -0.39 is 0 Å². The van der Waals surface area contributed by atoms with Crippen LogP contribution in [-0.4, -0.2) is 11.7 Å². The normalized spacial score (nSPS) is 20.7. The van der Waals surface area contributed by atoms with Crippen LogP contribution in [0.1, 0.15) is 42.7 Å². The maximum absolute atomic E-state index is 13.0. The average molecular weight is 331 g/mol. The number of hydrogen-bond donors (Lipinski definition) is 0. The number of ketones is 1. The lowest BCUT2D eigenvalue weighted by Gasteiger charge is -2.38. The second kappa shape index (κ2) is 6.32. The minimum absolute atomic E-state index is 0.0751. The highest BCUT2D eigenvalue weighted by Gasteiger charge is 2.39. The quantitative estimate of drug-likeness (QED) is 0.811.